The first kappa shape index (κ1) is 14.4. The first-order chi connectivity index (χ1) is 10.2. The summed E-state index contributed by atoms with van der Waals surface area (Å²) in [6.45, 7) is 4.43. The first-order valence-electron chi connectivity index (χ1n) is 7.85. The topological polar surface area (TPSA) is 41.6 Å². The lowest BCUT2D eigenvalue weighted by Crippen LogP contribution is -2.51. The predicted molar refractivity (Wildman–Crippen MR) is 82.3 cm³/mol. The quantitative estimate of drug-likeness (QED) is 0.900. The number of benzene rings is 1. The molecule has 3 atom stereocenters. The van der Waals surface area contributed by atoms with Crippen LogP contribution < -0.4 is 10.1 Å². The molecule has 0 spiro atoms. The Morgan fingerprint density at radius 2 is 2.19 bits per heavy atom. The van der Waals surface area contributed by atoms with Gasteiger partial charge in [-0.25, -0.2) is 0 Å². The molecule has 0 saturated carbocycles. The molecule has 1 saturated heterocycles. The lowest BCUT2D eigenvalue weighted by molar-refractivity contribution is -0.139. The van der Waals surface area contributed by atoms with Crippen molar-refractivity contribution in [1.82, 2.24) is 10.2 Å². The van der Waals surface area contributed by atoms with Crippen molar-refractivity contribution in [2.75, 3.05) is 26.7 Å². The molecule has 1 aromatic carbocycles. The normalized spacial score (nSPS) is 28.7. The van der Waals surface area contributed by atoms with E-state index in [-0.39, 0.29) is 11.8 Å². The fourth-order valence-electron chi connectivity index (χ4n) is 3.52. The fraction of sp³-hybridized carbons (Fsp3) is 0.588. The Bertz CT molecular complexity index is 517. The summed E-state index contributed by atoms with van der Waals surface area (Å²) in [5.41, 5.74) is 1.15. The van der Waals surface area contributed by atoms with Gasteiger partial charge in [0.1, 0.15) is 12.4 Å². The lowest BCUT2D eigenvalue weighted by Gasteiger charge is -2.39. The molecule has 0 aliphatic carbocycles. The molecule has 2 aliphatic heterocycles. The Morgan fingerprint density at radius 1 is 1.38 bits per heavy atom. The van der Waals surface area contributed by atoms with E-state index in [9.17, 15) is 4.79 Å². The number of carbonyl (C=O) groups is 1. The molecule has 21 heavy (non-hydrogen) atoms. The van der Waals surface area contributed by atoms with Crippen molar-refractivity contribution >= 4 is 5.91 Å². The van der Waals surface area contributed by atoms with Crippen LogP contribution in [0.3, 0.4) is 0 Å². The molecule has 1 amide bonds. The minimum Gasteiger partial charge on any atom is -0.492 e. The van der Waals surface area contributed by atoms with E-state index in [4.69, 9.17) is 4.74 Å². The molecule has 114 valence electrons. The molecule has 4 heteroatoms. The van der Waals surface area contributed by atoms with E-state index < -0.39 is 0 Å². The second kappa shape index (κ2) is 6.06. The number of amides is 1. The summed E-state index contributed by atoms with van der Waals surface area (Å²) in [6.07, 6.45) is 1.84. The van der Waals surface area contributed by atoms with Crippen molar-refractivity contribution in [3.63, 3.8) is 0 Å². The van der Waals surface area contributed by atoms with Crippen molar-refractivity contribution in [1.29, 1.82) is 0 Å². The zero-order valence-corrected chi connectivity index (χ0v) is 12.8. The largest absolute Gasteiger partial charge is 0.492 e. The maximum absolute atomic E-state index is 12.7. The van der Waals surface area contributed by atoms with Gasteiger partial charge in [0.2, 0.25) is 5.91 Å². The van der Waals surface area contributed by atoms with E-state index in [1.54, 1.807) is 0 Å². The zero-order valence-electron chi connectivity index (χ0n) is 12.8. The number of likely N-dealkylation sites (tertiary alicyclic amines) is 1. The molecule has 0 aromatic heterocycles. The van der Waals surface area contributed by atoms with Crippen LogP contribution in [-0.4, -0.2) is 43.6 Å². The molecule has 2 aliphatic rings. The van der Waals surface area contributed by atoms with E-state index in [2.05, 4.69) is 18.3 Å². The Labute approximate surface area is 126 Å². The highest BCUT2D eigenvalue weighted by atomic mass is 16.5. The van der Waals surface area contributed by atoms with E-state index in [1.807, 2.05) is 30.1 Å². The van der Waals surface area contributed by atoms with Gasteiger partial charge in [0, 0.05) is 19.1 Å². The number of nitrogens with zero attached hydrogens (tertiary/aromatic N) is 1. The van der Waals surface area contributed by atoms with Crippen LogP contribution >= 0.6 is 0 Å². The Morgan fingerprint density at radius 3 is 2.95 bits per heavy atom. The second-order valence-electron chi connectivity index (χ2n) is 6.27. The van der Waals surface area contributed by atoms with Crippen molar-refractivity contribution < 1.29 is 9.53 Å². The first-order valence-corrected chi connectivity index (χ1v) is 7.85. The van der Waals surface area contributed by atoms with E-state index in [1.165, 1.54) is 0 Å². The molecule has 1 N–H and O–H groups in total. The van der Waals surface area contributed by atoms with Gasteiger partial charge in [0.05, 0.1) is 5.92 Å². The number of nitrogens with one attached hydrogen (secondary N) is 1. The molecule has 0 radical (unpaired) electrons. The lowest BCUT2D eigenvalue weighted by atomic mass is 9.91. The van der Waals surface area contributed by atoms with E-state index in [0.717, 1.165) is 37.2 Å². The highest BCUT2D eigenvalue weighted by Crippen LogP contribution is 2.28. The number of carbonyl (C=O) groups excluding carboxylic acids is 1. The van der Waals surface area contributed by atoms with Crippen LogP contribution in [0.4, 0.5) is 0 Å². The second-order valence-corrected chi connectivity index (χ2v) is 6.27. The molecule has 0 bridgehead atoms. The van der Waals surface area contributed by atoms with Crippen LogP contribution in [0.5, 0.6) is 5.75 Å². The predicted octanol–water partition coefficient (Wildman–Crippen LogP) is 1.69. The number of fused-ring (bicyclic) bond motifs is 1. The molecule has 1 aromatic rings. The molecule has 1 fully saturated rings. The maximum atomic E-state index is 12.7. The minimum atomic E-state index is -0.0294. The van der Waals surface area contributed by atoms with Gasteiger partial charge in [-0.05, 0) is 37.4 Å². The number of ether oxygens (including phenoxy) is 1. The monoisotopic (exact) mass is 288 g/mol. The molecular formula is C17H24N2O2. The summed E-state index contributed by atoms with van der Waals surface area (Å²) in [7, 11) is 2.00. The van der Waals surface area contributed by atoms with E-state index in [0.29, 0.717) is 18.6 Å². The molecule has 2 heterocycles. The van der Waals surface area contributed by atoms with Gasteiger partial charge in [-0.15, -0.1) is 0 Å². The third kappa shape index (κ3) is 2.91. The van der Waals surface area contributed by atoms with Gasteiger partial charge in [-0.3, -0.25) is 4.79 Å². The summed E-state index contributed by atoms with van der Waals surface area (Å²) >= 11 is 0. The Kier molecular flexibility index (Phi) is 4.15. The van der Waals surface area contributed by atoms with Gasteiger partial charge in [-0.2, -0.15) is 0 Å². The standard InChI is InChI=1S/C17H24N2O2/c1-12-10-19(8-7-15(12)18-2)17(20)14-9-13-5-3-4-6-16(13)21-11-14/h3-6,12,14-15,18H,7-11H2,1-2H3. The van der Waals surface area contributed by atoms with Crippen molar-refractivity contribution in [2.24, 2.45) is 11.8 Å². The van der Waals surface area contributed by atoms with Crippen molar-refractivity contribution in [3.05, 3.63) is 29.8 Å². The smallest absolute Gasteiger partial charge is 0.229 e. The molecule has 4 nitrogen and oxygen atoms in total. The van der Waals surface area contributed by atoms with Gasteiger partial charge in [0.25, 0.3) is 0 Å². The zero-order chi connectivity index (χ0) is 14.8. The molecule has 3 unspecified atom stereocenters. The summed E-state index contributed by atoms with van der Waals surface area (Å²) in [5.74, 6) is 1.66. The highest BCUT2D eigenvalue weighted by molar-refractivity contribution is 5.80. The van der Waals surface area contributed by atoms with Crippen LogP contribution in [0.25, 0.3) is 0 Å². The number of hydrogen-bond acceptors (Lipinski definition) is 3. The summed E-state index contributed by atoms with van der Waals surface area (Å²) in [4.78, 5) is 14.8. The third-order valence-electron chi connectivity index (χ3n) is 4.82. The van der Waals surface area contributed by atoms with E-state index >= 15 is 0 Å². The highest BCUT2D eigenvalue weighted by Gasteiger charge is 2.33. The third-order valence-corrected chi connectivity index (χ3v) is 4.82. The Hall–Kier alpha value is -1.55. The number of piperidine rings is 1. The van der Waals surface area contributed by atoms with Gasteiger partial charge in [0.15, 0.2) is 0 Å². The summed E-state index contributed by atoms with van der Waals surface area (Å²) in [5, 5.41) is 3.34. The fourth-order valence-corrected chi connectivity index (χ4v) is 3.52. The van der Waals surface area contributed by atoms with Crippen molar-refractivity contribution in [3.8, 4) is 5.75 Å². The van der Waals surface area contributed by atoms with Crippen LogP contribution in [0.15, 0.2) is 24.3 Å². The van der Waals surface area contributed by atoms with Gasteiger partial charge in [-0.1, -0.05) is 25.1 Å². The minimum absolute atomic E-state index is 0.0294. The summed E-state index contributed by atoms with van der Waals surface area (Å²) < 4.78 is 5.76. The molecule has 3 rings (SSSR count). The summed E-state index contributed by atoms with van der Waals surface area (Å²) in [6, 6.07) is 8.55. The van der Waals surface area contributed by atoms with Crippen LogP contribution in [0, 0.1) is 11.8 Å². The number of para-hydroxylation sites is 1. The number of hydrogen-bond donors (Lipinski definition) is 1. The Balaban J connectivity index is 1.65. The maximum Gasteiger partial charge on any atom is 0.229 e. The van der Waals surface area contributed by atoms with Crippen LogP contribution in [0.2, 0.25) is 0 Å². The number of rotatable bonds is 2. The SMILES string of the molecule is CNC1CCN(C(=O)C2COc3ccccc3C2)CC1C. The van der Waals surface area contributed by atoms with Gasteiger partial charge >= 0.3 is 0 Å². The average Bonchev–Trinajstić information content (AvgIpc) is 2.53. The van der Waals surface area contributed by atoms with Gasteiger partial charge < -0.3 is 15.0 Å². The van der Waals surface area contributed by atoms with Crippen LogP contribution in [0.1, 0.15) is 18.9 Å². The molecular weight excluding hydrogens is 264 g/mol. The van der Waals surface area contributed by atoms with Crippen molar-refractivity contribution in [2.45, 2.75) is 25.8 Å². The van der Waals surface area contributed by atoms with Crippen LogP contribution in [-0.2, 0) is 11.2 Å². The average molecular weight is 288 g/mol.